The number of hydrogen-bond donors (Lipinski definition) is 1. The van der Waals surface area contributed by atoms with Crippen LogP contribution in [0.4, 0.5) is 0 Å². The third-order valence-corrected chi connectivity index (χ3v) is 6.17. The number of nitrogens with one attached hydrogen (secondary N) is 1. The molecule has 2 aromatic rings. The lowest BCUT2D eigenvalue weighted by Gasteiger charge is -2.30. The second-order valence-corrected chi connectivity index (χ2v) is 8.86. The van der Waals surface area contributed by atoms with Crippen LogP contribution in [-0.4, -0.2) is 28.8 Å². The van der Waals surface area contributed by atoms with E-state index in [-0.39, 0.29) is 24.3 Å². The molecule has 0 heterocycles. The molecule has 0 spiro atoms. The summed E-state index contributed by atoms with van der Waals surface area (Å²) in [6, 6.07) is 13.3. The molecule has 0 bridgehead atoms. The van der Waals surface area contributed by atoms with Crippen molar-refractivity contribution in [3.05, 3.63) is 69.7 Å². The summed E-state index contributed by atoms with van der Waals surface area (Å²) in [4.78, 5) is 27.9. The summed E-state index contributed by atoms with van der Waals surface area (Å²) >= 11 is 6.36. The van der Waals surface area contributed by atoms with Crippen molar-refractivity contribution in [2.75, 3.05) is 0 Å². The lowest BCUT2D eigenvalue weighted by Crippen LogP contribution is -2.50. The van der Waals surface area contributed by atoms with Crippen LogP contribution in [0.15, 0.2) is 42.5 Å². The quantitative estimate of drug-likeness (QED) is 0.679. The van der Waals surface area contributed by atoms with Gasteiger partial charge < -0.3 is 10.2 Å². The Labute approximate surface area is 184 Å². The highest BCUT2D eigenvalue weighted by molar-refractivity contribution is 6.31. The maximum atomic E-state index is 13.3. The molecule has 5 heteroatoms. The van der Waals surface area contributed by atoms with Gasteiger partial charge in [-0.3, -0.25) is 9.59 Å². The molecule has 1 N–H and O–H groups in total. The molecule has 3 rings (SSSR count). The number of halogens is 1. The van der Waals surface area contributed by atoms with E-state index in [2.05, 4.69) is 11.4 Å². The van der Waals surface area contributed by atoms with Gasteiger partial charge in [-0.05, 0) is 50.8 Å². The molecule has 160 valence electrons. The van der Waals surface area contributed by atoms with Gasteiger partial charge in [0.15, 0.2) is 0 Å². The summed E-state index contributed by atoms with van der Waals surface area (Å²) in [5, 5.41) is 3.73. The molecule has 0 aliphatic heterocycles. The van der Waals surface area contributed by atoms with E-state index in [1.165, 1.54) is 0 Å². The number of benzene rings is 2. The number of carbonyl (C=O) groups excluding carboxylic acids is 2. The highest BCUT2D eigenvalue weighted by Gasteiger charge is 2.28. The Balaban J connectivity index is 1.80. The Hall–Kier alpha value is -2.33. The van der Waals surface area contributed by atoms with Gasteiger partial charge in [0, 0.05) is 17.6 Å². The van der Waals surface area contributed by atoms with Gasteiger partial charge >= 0.3 is 0 Å². The Morgan fingerprint density at radius 1 is 1.10 bits per heavy atom. The van der Waals surface area contributed by atoms with E-state index in [9.17, 15) is 9.59 Å². The topological polar surface area (TPSA) is 49.4 Å². The van der Waals surface area contributed by atoms with Gasteiger partial charge in [-0.25, -0.2) is 0 Å². The summed E-state index contributed by atoms with van der Waals surface area (Å²) in [7, 11) is 0. The molecular weight excluding hydrogens is 396 g/mol. The number of carbonyl (C=O) groups is 2. The van der Waals surface area contributed by atoms with Crippen molar-refractivity contribution in [1.29, 1.82) is 0 Å². The maximum absolute atomic E-state index is 13.3. The highest BCUT2D eigenvalue weighted by Crippen LogP contribution is 2.21. The molecule has 1 saturated carbocycles. The van der Waals surface area contributed by atoms with Crippen LogP contribution in [0.1, 0.15) is 54.9 Å². The average Bonchev–Trinajstić information content (AvgIpc) is 3.19. The first-order valence-corrected chi connectivity index (χ1v) is 11.1. The fourth-order valence-corrected chi connectivity index (χ4v) is 4.43. The lowest BCUT2D eigenvalue weighted by molar-refractivity contribution is -0.140. The average molecular weight is 427 g/mol. The van der Waals surface area contributed by atoms with Crippen molar-refractivity contribution in [2.24, 2.45) is 0 Å². The Morgan fingerprint density at radius 2 is 1.73 bits per heavy atom. The Bertz CT molecular complexity index is 886. The molecule has 1 aliphatic carbocycles. The second-order valence-electron chi connectivity index (χ2n) is 8.45. The van der Waals surface area contributed by atoms with E-state index in [0.29, 0.717) is 11.6 Å². The fraction of sp³-hybridized carbons (Fsp3) is 0.440. The van der Waals surface area contributed by atoms with Gasteiger partial charge in [0.25, 0.3) is 0 Å². The first-order valence-electron chi connectivity index (χ1n) is 10.7. The van der Waals surface area contributed by atoms with Crippen molar-refractivity contribution in [1.82, 2.24) is 10.2 Å². The zero-order valence-electron chi connectivity index (χ0n) is 18.1. The Kier molecular flexibility index (Phi) is 7.54. The SMILES string of the molecule is Cc1cc(C)cc(CC(=O)N(Cc2ccccc2Cl)[C@@H](C)C(=O)NC2CCCC2)c1. The van der Waals surface area contributed by atoms with Gasteiger partial charge in [-0.1, -0.05) is 72.0 Å². The smallest absolute Gasteiger partial charge is 0.242 e. The van der Waals surface area contributed by atoms with E-state index < -0.39 is 6.04 Å². The Morgan fingerprint density at radius 3 is 2.37 bits per heavy atom. The van der Waals surface area contributed by atoms with Crippen LogP contribution in [0.3, 0.4) is 0 Å². The normalized spacial score (nSPS) is 15.1. The first kappa shape index (κ1) is 22.4. The third-order valence-electron chi connectivity index (χ3n) is 5.80. The van der Waals surface area contributed by atoms with Gasteiger partial charge in [0.05, 0.1) is 6.42 Å². The molecular formula is C25H31ClN2O2. The van der Waals surface area contributed by atoms with Crippen LogP contribution in [0.5, 0.6) is 0 Å². The van der Waals surface area contributed by atoms with Crippen LogP contribution in [-0.2, 0) is 22.6 Å². The van der Waals surface area contributed by atoms with Crippen molar-refractivity contribution >= 4 is 23.4 Å². The van der Waals surface area contributed by atoms with E-state index in [4.69, 9.17) is 11.6 Å². The van der Waals surface area contributed by atoms with Crippen molar-refractivity contribution in [3.8, 4) is 0 Å². The van der Waals surface area contributed by atoms with Crippen molar-refractivity contribution in [3.63, 3.8) is 0 Å². The summed E-state index contributed by atoms with van der Waals surface area (Å²) in [6.07, 6.45) is 4.58. The summed E-state index contributed by atoms with van der Waals surface area (Å²) in [5.74, 6) is -0.170. The molecule has 4 nitrogen and oxygen atoms in total. The van der Waals surface area contributed by atoms with Gasteiger partial charge in [-0.2, -0.15) is 0 Å². The van der Waals surface area contributed by atoms with Crippen molar-refractivity contribution < 1.29 is 9.59 Å². The monoisotopic (exact) mass is 426 g/mol. The maximum Gasteiger partial charge on any atom is 0.242 e. The molecule has 2 aromatic carbocycles. The summed E-state index contributed by atoms with van der Waals surface area (Å²) < 4.78 is 0. The largest absolute Gasteiger partial charge is 0.352 e. The molecule has 0 saturated heterocycles. The van der Waals surface area contributed by atoms with Crippen LogP contribution >= 0.6 is 11.6 Å². The second kappa shape index (κ2) is 10.1. The van der Waals surface area contributed by atoms with E-state index >= 15 is 0 Å². The minimum absolute atomic E-state index is 0.0750. The molecule has 0 radical (unpaired) electrons. The summed E-state index contributed by atoms with van der Waals surface area (Å²) in [6.45, 7) is 6.17. The number of aryl methyl sites for hydroxylation is 2. The molecule has 2 amide bonds. The standard InChI is InChI=1S/C25H31ClN2O2/c1-17-12-18(2)14-20(13-17)15-24(29)28(16-21-8-4-7-11-23(21)26)19(3)25(30)27-22-9-5-6-10-22/h4,7-8,11-14,19,22H,5-6,9-10,15-16H2,1-3H3,(H,27,30)/t19-/m0/s1. The van der Waals surface area contributed by atoms with Gasteiger partial charge in [0.1, 0.15) is 6.04 Å². The fourth-order valence-electron chi connectivity index (χ4n) is 4.23. The van der Waals surface area contributed by atoms with E-state index in [1.807, 2.05) is 50.2 Å². The molecule has 0 unspecified atom stereocenters. The summed E-state index contributed by atoms with van der Waals surface area (Å²) in [5.41, 5.74) is 4.06. The minimum atomic E-state index is -0.569. The minimum Gasteiger partial charge on any atom is -0.352 e. The van der Waals surface area contributed by atoms with Gasteiger partial charge in [0.2, 0.25) is 11.8 Å². The number of hydrogen-bond acceptors (Lipinski definition) is 2. The number of rotatable bonds is 7. The number of amides is 2. The van der Waals surface area contributed by atoms with E-state index in [1.54, 1.807) is 11.8 Å². The van der Waals surface area contributed by atoms with Crippen LogP contribution in [0.2, 0.25) is 5.02 Å². The van der Waals surface area contributed by atoms with Crippen molar-refractivity contribution in [2.45, 2.75) is 71.5 Å². The lowest BCUT2D eigenvalue weighted by atomic mass is 10.0. The third kappa shape index (κ3) is 5.85. The molecule has 0 aromatic heterocycles. The first-order chi connectivity index (χ1) is 14.3. The van der Waals surface area contributed by atoms with Crippen LogP contribution in [0, 0.1) is 13.8 Å². The highest BCUT2D eigenvalue weighted by atomic mass is 35.5. The predicted octanol–water partition coefficient (Wildman–Crippen LogP) is 4.98. The molecule has 1 fully saturated rings. The van der Waals surface area contributed by atoms with Crippen LogP contribution in [0.25, 0.3) is 0 Å². The zero-order valence-corrected chi connectivity index (χ0v) is 18.8. The van der Waals surface area contributed by atoms with Crippen LogP contribution < -0.4 is 5.32 Å². The molecule has 1 aliphatic rings. The number of nitrogens with zero attached hydrogens (tertiary/aromatic N) is 1. The zero-order chi connectivity index (χ0) is 21.7. The molecule has 1 atom stereocenters. The van der Waals surface area contributed by atoms with E-state index in [0.717, 1.165) is 47.9 Å². The van der Waals surface area contributed by atoms with Gasteiger partial charge in [-0.15, -0.1) is 0 Å². The molecule has 30 heavy (non-hydrogen) atoms. The predicted molar refractivity (Wildman–Crippen MR) is 121 cm³/mol.